The molecule has 4 aromatic carbocycles. The van der Waals surface area contributed by atoms with Gasteiger partial charge in [-0.15, -0.1) is 0 Å². The van der Waals surface area contributed by atoms with Gasteiger partial charge in [-0.05, 0) is 96.5 Å². The van der Waals surface area contributed by atoms with Crippen molar-refractivity contribution < 1.29 is 28.7 Å². The van der Waals surface area contributed by atoms with Crippen LogP contribution < -0.4 is 10.6 Å². The summed E-state index contributed by atoms with van der Waals surface area (Å²) in [4.78, 5) is 75.1. The van der Waals surface area contributed by atoms with E-state index in [1.807, 2.05) is 66.9 Å². The molecule has 3 saturated heterocycles. The Morgan fingerprint density at radius 3 is 1.72 bits per heavy atom. The Morgan fingerprint density at radius 1 is 0.618 bits per heavy atom. The van der Waals surface area contributed by atoms with Crippen molar-refractivity contribution in [2.45, 2.75) is 74.8 Å². The highest BCUT2D eigenvalue weighted by molar-refractivity contribution is 5.88. The van der Waals surface area contributed by atoms with Crippen molar-refractivity contribution in [2.75, 3.05) is 34.4 Å². The van der Waals surface area contributed by atoms with Gasteiger partial charge in [0.2, 0.25) is 0 Å². The zero-order valence-electron chi connectivity index (χ0n) is 38.2. The number of rotatable bonds is 10. The summed E-state index contributed by atoms with van der Waals surface area (Å²) in [5, 5.41) is 5.46. The molecule has 2 bridgehead atoms. The van der Waals surface area contributed by atoms with Crippen molar-refractivity contribution in [3.05, 3.63) is 155 Å². The summed E-state index contributed by atoms with van der Waals surface area (Å²) < 4.78 is 9.72. The molecule has 6 aromatic rings. The molecule has 4 N–H and O–H groups in total. The third-order valence-electron chi connectivity index (χ3n) is 14.0. The van der Waals surface area contributed by atoms with Gasteiger partial charge >= 0.3 is 12.2 Å². The molecule has 4 aliphatic heterocycles. The number of H-pyrrole nitrogens is 2. The fourth-order valence-electron chi connectivity index (χ4n) is 10.7. The molecule has 346 valence electrons. The van der Waals surface area contributed by atoms with E-state index in [-0.39, 0.29) is 29.9 Å². The first kappa shape index (κ1) is 44.2. The van der Waals surface area contributed by atoms with Crippen LogP contribution in [0.1, 0.15) is 120 Å². The van der Waals surface area contributed by atoms with E-state index in [2.05, 4.69) is 80.8 Å². The molecule has 68 heavy (non-hydrogen) atoms. The number of carbonyl (C=O) groups excluding carboxylic acids is 4. The lowest BCUT2D eigenvalue weighted by atomic mass is 9.83. The largest absolute Gasteiger partial charge is 0.453 e. The van der Waals surface area contributed by atoms with E-state index >= 15 is 0 Å². The van der Waals surface area contributed by atoms with Crippen LogP contribution in [0.4, 0.5) is 9.59 Å². The Bertz CT molecular complexity index is 2910. The maximum atomic E-state index is 14.0. The number of ether oxygens (including phenoxy) is 2. The van der Waals surface area contributed by atoms with Crippen molar-refractivity contribution in [2.24, 2.45) is 0 Å². The minimum Gasteiger partial charge on any atom is -0.453 e. The van der Waals surface area contributed by atoms with Gasteiger partial charge in [-0.1, -0.05) is 96.9 Å². The molecule has 15 nitrogen and oxygen atoms in total. The van der Waals surface area contributed by atoms with E-state index in [9.17, 15) is 19.2 Å². The standard InChI is InChI=1S/C53H53N9O6/c1-60-40-26-27-41(60)45-38(32-18-20-33(21-19-32)39-31-55-49(57-39)43-17-11-29-62(43)51(64)47(59-53(66)68-3)36-14-8-5-9-15-36)25-23-34(44(40)45)22-24-37-30-54-48(56-37)42-16-10-28-61(42)50(63)46(58-52(65)67-2)35-12-6-4-7-13-35/h4-9,12-15,18-21,23,25,30-31,40-43,46-47H,10-11,16-17,26-29H2,1-3H3,(H,54,56)(H,55,57)(H,58,65)(H,59,66)/t40?,41?,42?,43-,46-,47-/m0/s1. The van der Waals surface area contributed by atoms with E-state index in [0.717, 1.165) is 60.9 Å². The molecule has 4 aliphatic rings. The predicted octanol–water partition coefficient (Wildman–Crippen LogP) is 8.21. The molecular formula is C53H53N9O6. The number of nitrogens with one attached hydrogen (secondary N) is 4. The average Bonchev–Trinajstić information content (AvgIpc) is 4.26. The summed E-state index contributed by atoms with van der Waals surface area (Å²) in [5.41, 5.74) is 9.77. The first-order chi connectivity index (χ1) is 33.2. The summed E-state index contributed by atoms with van der Waals surface area (Å²) in [6.07, 6.45) is 7.47. The van der Waals surface area contributed by atoms with E-state index in [1.54, 1.807) is 16.0 Å². The summed E-state index contributed by atoms with van der Waals surface area (Å²) in [7, 11) is 4.78. The number of aromatic nitrogens is 4. The van der Waals surface area contributed by atoms with E-state index in [4.69, 9.17) is 19.4 Å². The number of nitrogens with zero attached hydrogens (tertiary/aromatic N) is 5. The van der Waals surface area contributed by atoms with Gasteiger partial charge in [0.25, 0.3) is 11.8 Å². The number of hydrogen-bond acceptors (Lipinski definition) is 9. The second kappa shape index (κ2) is 18.9. The van der Waals surface area contributed by atoms with Crippen molar-refractivity contribution in [3.8, 4) is 34.2 Å². The number of methoxy groups -OCH3 is 2. The molecule has 0 spiro atoms. The van der Waals surface area contributed by atoms with Gasteiger partial charge in [0.05, 0.1) is 44.4 Å². The number of hydrogen-bond donors (Lipinski definition) is 4. The SMILES string of the molecule is COC(=O)N[C@H](C(=O)N1CCCC1c1ncc(C#Cc2ccc(-c3ccc(-c4cnc([C@@H]5CCCN5C(=O)[C@@H](NC(=O)OC)c5ccccc5)[nH]4)cc3)c3c2C2CCC3N2C)[nH]1)c1ccccc1. The number of amides is 4. The fourth-order valence-corrected chi connectivity index (χ4v) is 10.7. The van der Waals surface area contributed by atoms with Gasteiger partial charge in [-0.2, -0.15) is 0 Å². The first-order valence-corrected chi connectivity index (χ1v) is 23.2. The summed E-state index contributed by atoms with van der Waals surface area (Å²) in [6.45, 7) is 1.09. The molecule has 6 heterocycles. The number of imidazole rings is 2. The number of carbonyl (C=O) groups is 4. The van der Waals surface area contributed by atoms with Gasteiger partial charge in [-0.3, -0.25) is 14.5 Å². The summed E-state index contributed by atoms with van der Waals surface area (Å²) >= 11 is 0. The van der Waals surface area contributed by atoms with Gasteiger partial charge < -0.3 is 39.9 Å². The molecule has 6 atom stereocenters. The van der Waals surface area contributed by atoms with Gasteiger partial charge in [-0.25, -0.2) is 19.6 Å². The van der Waals surface area contributed by atoms with Gasteiger partial charge in [0.1, 0.15) is 29.4 Å². The predicted molar refractivity (Wildman–Crippen MR) is 253 cm³/mol. The van der Waals surface area contributed by atoms with Crippen molar-refractivity contribution in [1.82, 2.24) is 45.3 Å². The Hall–Kier alpha value is -7.70. The lowest BCUT2D eigenvalue weighted by molar-refractivity contribution is -0.135. The Labute approximate surface area is 394 Å². The van der Waals surface area contributed by atoms with Crippen LogP contribution in [0.5, 0.6) is 0 Å². The second-order valence-corrected chi connectivity index (χ2v) is 17.8. The third kappa shape index (κ3) is 8.36. The topological polar surface area (TPSA) is 178 Å². The smallest absolute Gasteiger partial charge is 0.407 e. The molecule has 3 unspecified atom stereocenters. The van der Waals surface area contributed by atoms with Crippen molar-refractivity contribution in [3.63, 3.8) is 0 Å². The maximum absolute atomic E-state index is 14.0. The van der Waals surface area contributed by atoms with Crippen LogP contribution in [0.25, 0.3) is 22.4 Å². The van der Waals surface area contributed by atoms with Crippen LogP contribution in [-0.4, -0.2) is 93.0 Å². The zero-order chi connectivity index (χ0) is 46.9. The number of fused-ring (bicyclic) bond motifs is 5. The minimum absolute atomic E-state index is 0.211. The molecule has 4 amide bonds. The number of likely N-dealkylation sites (tertiary alicyclic amines) is 2. The van der Waals surface area contributed by atoms with Crippen LogP contribution >= 0.6 is 0 Å². The Balaban J connectivity index is 0.863. The van der Waals surface area contributed by atoms with E-state index in [1.165, 1.54) is 30.9 Å². The van der Waals surface area contributed by atoms with Crippen LogP contribution in [0.3, 0.4) is 0 Å². The van der Waals surface area contributed by atoms with Gasteiger partial charge in [0.15, 0.2) is 0 Å². The lowest BCUT2D eigenvalue weighted by Crippen LogP contribution is -2.42. The zero-order valence-corrected chi connectivity index (χ0v) is 38.2. The third-order valence-corrected chi connectivity index (χ3v) is 14.0. The summed E-state index contributed by atoms with van der Waals surface area (Å²) in [6, 6.07) is 29.5. The second-order valence-electron chi connectivity index (χ2n) is 17.8. The molecule has 15 heteroatoms. The molecular weight excluding hydrogens is 859 g/mol. The van der Waals surface area contributed by atoms with E-state index in [0.29, 0.717) is 47.6 Å². The van der Waals surface area contributed by atoms with Crippen molar-refractivity contribution in [1.29, 1.82) is 0 Å². The molecule has 0 radical (unpaired) electrons. The monoisotopic (exact) mass is 911 g/mol. The van der Waals surface area contributed by atoms with Crippen LogP contribution in [-0.2, 0) is 19.1 Å². The number of alkyl carbamates (subject to hydrolysis) is 2. The summed E-state index contributed by atoms with van der Waals surface area (Å²) in [5.74, 6) is 7.79. The molecule has 3 fully saturated rings. The molecule has 10 rings (SSSR count). The molecule has 0 aliphatic carbocycles. The van der Waals surface area contributed by atoms with Crippen LogP contribution in [0, 0.1) is 11.8 Å². The maximum Gasteiger partial charge on any atom is 0.407 e. The highest BCUT2D eigenvalue weighted by Gasteiger charge is 2.45. The average molecular weight is 912 g/mol. The normalized spacial score (nSPS) is 20.3. The fraction of sp³-hybridized carbons (Fsp3) is 0.321. The number of benzene rings is 4. The molecule has 0 saturated carbocycles. The highest BCUT2D eigenvalue weighted by atomic mass is 16.5. The first-order valence-electron chi connectivity index (χ1n) is 23.2. The quantitative estimate of drug-likeness (QED) is 0.0987. The van der Waals surface area contributed by atoms with Gasteiger partial charge in [0, 0.05) is 30.7 Å². The lowest BCUT2D eigenvalue weighted by Gasteiger charge is -2.28. The molecule has 2 aromatic heterocycles. The Morgan fingerprint density at radius 2 is 1.15 bits per heavy atom. The number of aromatic amines is 2. The Kier molecular flexibility index (Phi) is 12.3. The van der Waals surface area contributed by atoms with E-state index < -0.39 is 24.3 Å². The van der Waals surface area contributed by atoms with Crippen LogP contribution in [0.2, 0.25) is 0 Å². The van der Waals surface area contributed by atoms with Crippen molar-refractivity contribution >= 4 is 24.0 Å². The minimum atomic E-state index is -0.896. The highest BCUT2D eigenvalue weighted by Crippen LogP contribution is 2.56. The van der Waals surface area contributed by atoms with Crippen LogP contribution in [0.15, 0.2) is 109 Å².